The number of hydrogen-bond donors (Lipinski definition) is 1. The zero-order valence-corrected chi connectivity index (χ0v) is 12.8. The minimum atomic E-state index is -0.302. The predicted octanol–water partition coefficient (Wildman–Crippen LogP) is 1.54. The Morgan fingerprint density at radius 1 is 1.26 bits per heavy atom. The van der Waals surface area contributed by atoms with Crippen LogP contribution in [-0.2, 0) is 23.2 Å². The highest BCUT2D eigenvalue weighted by Crippen LogP contribution is 2.15. The molecular formula is C16H17N5O2. The molecule has 1 aromatic heterocycles. The Morgan fingerprint density at radius 2 is 2.04 bits per heavy atom. The maximum Gasteiger partial charge on any atom is 0.271 e. The van der Waals surface area contributed by atoms with Crippen LogP contribution in [-0.4, -0.2) is 32.3 Å². The molecule has 118 valence electrons. The standard InChI is InChI=1S/C16H17N5O2/c1-20-11-13(9-17-20)18-16(23)14-7-8-15(22)21(19-14)10-12-5-3-2-4-6-12/h2-6,9,11H,7-8,10H2,1H3,(H,18,23). The summed E-state index contributed by atoms with van der Waals surface area (Å²) in [5.74, 6) is -0.379. The van der Waals surface area contributed by atoms with Crippen LogP contribution in [0.1, 0.15) is 18.4 Å². The number of aromatic nitrogens is 2. The van der Waals surface area contributed by atoms with Crippen LogP contribution in [0.5, 0.6) is 0 Å². The average molecular weight is 311 g/mol. The maximum absolute atomic E-state index is 12.3. The Balaban J connectivity index is 1.72. The van der Waals surface area contributed by atoms with Crippen molar-refractivity contribution in [3.63, 3.8) is 0 Å². The molecule has 1 N–H and O–H groups in total. The smallest absolute Gasteiger partial charge is 0.271 e. The number of aryl methyl sites for hydroxylation is 1. The fourth-order valence-corrected chi connectivity index (χ4v) is 2.33. The first-order valence-corrected chi connectivity index (χ1v) is 7.33. The first kappa shape index (κ1) is 15.0. The summed E-state index contributed by atoms with van der Waals surface area (Å²) >= 11 is 0. The molecule has 1 aromatic carbocycles. The van der Waals surface area contributed by atoms with Crippen molar-refractivity contribution in [1.29, 1.82) is 0 Å². The normalized spacial score (nSPS) is 14.6. The van der Waals surface area contributed by atoms with Gasteiger partial charge in [0.25, 0.3) is 5.91 Å². The number of carbonyl (C=O) groups excluding carboxylic acids is 2. The van der Waals surface area contributed by atoms with Gasteiger partial charge in [0.1, 0.15) is 5.71 Å². The van der Waals surface area contributed by atoms with Crippen LogP contribution in [0.2, 0.25) is 0 Å². The molecule has 2 aromatic rings. The lowest BCUT2D eigenvalue weighted by Gasteiger charge is -2.23. The molecule has 0 saturated heterocycles. The molecule has 3 rings (SSSR count). The van der Waals surface area contributed by atoms with Crippen molar-refractivity contribution in [3.05, 3.63) is 48.3 Å². The number of benzene rings is 1. The monoisotopic (exact) mass is 311 g/mol. The number of nitrogens with zero attached hydrogens (tertiary/aromatic N) is 4. The Kier molecular flexibility index (Phi) is 4.18. The number of rotatable bonds is 4. The van der Waals surface area contributed by atoms with Gasteiger partial charge in [-0.05, 0) is 5.56 Å². The van der Waals surface area contributed by atoms with E-state index < -0.39 is 0 Å². The van der Waals surface area contributed by atoms with Crippen LogP contribution in [0.25, 0.3) is 0 Å². The van der Waals surface area contributed by atoms with Crippen molar-refractivity contribution in [2.24, 2.45) is 12.1 Å². The van der Waals surface area contributed by atoms with E-state index in [0.717, 1.165) is 5.56 Å². The van der Waals surface area contributed by atoms with E-state index in [0.29, 0.717) is 24.4 Å². The molecule has 2 amide bonds. The van der Waals surface area contributed by atoms with Crippen LogP contribution >= 0.6 is 0 Å². The molecule has 0 radical (unpaired) electrons. The topological polar surface area (TPSA) is 79.6 Å². The SMILES string of the molecule is Cn1cc(NC(=O)C2=NN(Cc3ccccc3)C(=O)CC2)cn1. The molecule has 0 bridgehead atoms. The fraction of sp³-hybridized carbons (Fsp3) is 0.250. The van der Waals surface area contributed by atoms with Crippen LogP contribution in [0, 0.1) is 0 Å². The lowest BCUT2D eigenvalue weighted by Crippen LogP contribution is -2.35. The molecule has 23 heavy (non-hydrogen) atoms. The second kappa shape index (κ2) is 6.43. The number of hydrogen-bond acceptors (Lipinski definition) is 4. The molecular weight excluding hydrogens is 294 g/mol. The van der Waals surface area contributed by atoms with E-state index in [1.54, 1.807) is 24.1 Å². The first-order valence-electron chi connectivity index (χ1n) is 7.33. The highest BCUT2D eigenvalue weighted by Gasteiger charge is 2.24. The largest absolute Gasteiger partial charge is 0.318 e. The van der Waals surface area contributed by atoms with Gasteiger partial charge >= 0.3 is 0 Å². The van der Waals surface area contributed by atoms with Gasteiger partial charge < -0.3 is 5.32 Å². The summed E-state index contributed by atoms with van der Waals surface area (Å²) in [6.45, 7) is 0.364. The van der Waals surface area contributed by atoms with Crippen LogP contribution < -0.4 is 5.32 Å². The van der Waals surface area contributed by atoms with Gasteiger partial charge in [-0.3, -0.25) is 14.3 Å². The van der Waals surface area contributed by atoms with E-state index in [-0.39, 0.29) is 18.2 Å². The lowest BCUT2D eigenvalue weighted by atomic mass is 10.1. The molecule has 0 saturated carbocycles. The Bertz CT molecular complexity index is 751. The summed E-state index contributed by atoms with van der Waals surface area (Å²) in [7, 11) is 1.77. The van der Waals surface area contributed by atoms with E-state index in [9.17, 15) is 9.59 Å². The van der Waals surface area contributed by atoms with Gasteiger partial charge in [-0.2, -0.15) is 10.2 Å². The zero-order chi connectivity index (χ0) is 16.2. The first-order chi connectivity index (χ1) is 11.1. The Labute approximate surface area is 133 Å². The summed E-state index contributed by atoms with van der Waals surface area (Å²) < 4.78 is 1.60. The molecule has 0 unspecified atom stereocenters. The van der Waals surface area contributed by atoms with Crippen molar-refractivity contribution in [2.45, 2.75) is 19.4 Å². The number of amides is 2. The third kappa shape index (κ3) is 3.63. The van der Waals surface area contributed by atoms with E-state index in [2.05, 4.69) is 15.5 Å². The Morgan fingerprint density at radius 3 is 2.74 bits per heavy atom. The van der Waals surface area contributed by atoms with Crippen LogP contribution in [0.4, 0.5) is 5.69 Å². The molecule has 7 heteroatoms. The molecule has 0 spiro atoms. The number of anilines is 1. The third-order valence-corrected chi connectivity index (χ3v) is 3.50. The summed E-state index contributed by atoms with van der Waals surface area (Å²) in [6, 6.07) is 9.57. The third-order valence-electron chi connectivity index (χ3n) is 3.50. The van der Waals surface area contributed by atoms with Gasteiger partial charge in [0.2, 0.25) is 5.91 Å². The predicted molar refractivity (Wildman–Crippen MR) is 85.5 cm³/mol. The van der Waals surface area contributed by atoms with Crippen LogP contribution in [0.15, 0.2) is 47.8 Å². The second-order valence-corrected chi connectivity index (χ2v) is 5.34. The number of nitrogens with one attached hydrogen (secondary N) is 1. The van der Waals surface area contributed by atoms with Gasteiger partial charge in [-0.1, -0.05) is 30.3 Å². The van der Waals surface area contributed by atoms with Gasteiger partial charge in [0, 0.05) is 26.1 Å². The van der Waals surface area contributed by atoms with E-state index >= 15 is 0 Å². The zero-order valence-electron chi connectivity index (χ0n) is 12.8. The summed E-state index contributed by atoms with van der Waals surface area (Å²) in [5, 5.41) is 12.3. The van der Waals surface area contributed by atoms with Crippen molar-refractivity contribution >= 4 is 23.2 Å². The van der Waals surface area contributed by atoms with E-state index in [4.69, 9.17) is 0 Å². The number of carbonyl (C=O) groups is 2. The van der Waals surface area contributed by atoms with Crippen molar-refractivity contribution < 1.29 is 9.59 Å². The number of hydrazone groups is 1. The van der Waals surface area contributed by atoms with E-state index in [1.807, 2.05) is 30.3 Å². The minimum Gasteiger partial charge on any atom is -0.318 e. The Hall–Kier alpha value is -2.96. The van der Waals surface area contributed by atoms with Gasteiger partial charge in [-0.25, -0.2) is 5.01 Å². The molecule has 0 fully saturated rings. The minimum absolute atomic E-state index is 0.0771. The highest BCUT2D eigenvalue weighted by molar-refractivity contribution is 6.43. The molecule has 7 nitrogen and oxygen atoms in total. The maximum atomic E-state index is 12.3. The second-order valence-electron chi connectivity index (χ2n) is 5.34. The molecule has 0 aliphatic carbocycles. The van der Waals surface area contributed by atoms with Crippen molar-refractivity contribution in [1.82, 2.24) is 14.8 Å². The summed E-state index contributed by atoms with van der Waals surface area (Å²) in [5.41, 5.74) is 1.93. The van der Waals surface area contributed by atoms with Gasteiger partial charge in [0.15, 0.2) is 0 Å². The van der Waals surface area contributed by atoms with Crippen LogP contribution in [0.3, 0.4) is 0 Å². The lowest BCUT2D eigenvalue weighted by molar-refractivity contribution is -0.132. The van der Waals surface area contributed by atoms with Gasteiger partial charge in [0.05, 0.1) is 18.4 Å². The van der Waals surface area contributed by atoms with Crippen molar-refractivity contribution in [2.75, 3.05) is 5.32 Å². The summed E-state index contributed by atoms with van der Waals surface area (Å²) in [6.07, 6.45) is 3.89. The quantitative estimate of drug-likeness (QED) is 0.930. The fourth-order valence-electron chi connectivity index (χ4n) is 2.33. The van der Waals surface area contributed by atoms with Crippen molar-refractivity contribution in [3.8, 4) is 0 Å². The summed E-state index contributed by atoms with van der Waals surface area (Å²) in [4.78, 5) is 24.3. The molecule has 1 aliphatic heterocycles. The molecule has 0 atom stereocenters. The van der Waals surface area contributed by atoms with Gasteiger partial charge in [-0.15, -0.1) is 0 Å². The molecule has 1 aliphatic rings. The molecule has 2 heterocycles. The average Bonchev–Trinajstić information content (AvgIpc) is 2.95. The highest BCUT2D eigenvalue weighted by atomic mass is 16.2. The van der Waals surface area contributed by atoms with E-state index in [1.165, 1.54) is 5.01 Å².